The molecule has 11 N–H and O–H groups in total. The molecule has 0 spiro atoms. The SMILES string of the molecule is CC[C@H](C)[C@@H]([C@@H](CC(=O)N1CCC[C@H]1[C@H](OC)[C@@H](C)C(=O)N[C@@H](Cc1ccccc1)c1nccs1)OC)N(C)C(=O)[C@@H](NC(=O)C(C)(C)NC(=O)OCc1ccc(NC(=O)[C@H](CCCNC(N)=O)NC(=O)[C@@H](NC(=O)[C@H](CCNC(=O)OC(C)(C)C)NC(C)=O)C(C)C)cc1)C(C)C. The lowest BCUT2D eigenvalue weighted by Gasteiger charge is -2.41. The zero-order chi connectivity index (χ0) is 73.2. The third kappa shape index (κ3) is 26.1. The molecule has 1 fully saturated rings. The minimum Gasteiger partial charge on any atom is -0.445 e. The summed E-state index contributed by atoms with van der Waals surface area (Å²) in [4.78, 5) is 156. The quantitative estimate of drug-likeness (QED) is 0.0308. The lowest BCUT2D eigenvalue weighted by Crippen LogP contribution is -2.62. The van der Waals surface area contributed by atoms with Crippen LogP contribution in [0.5, 0.6) is 0 Å². The van der Waals surface area contributed by atoms with Gasteiger partial charge in [-0.25, -0.2) is 19.4 Å². The van der Waals surface area contributed by atoms with Crippen molar-refractivity contribution < 1.29 is 71.7 Å². The number of ether oxygens (including phenoxy) is 4. The monoisotopic (exact) mass is 1390 g/mol. The Morgan fingerprint density at radius 3 is 1.96 bits per heavy atom. The maximum absolute atomic E-state index is 14.7. The van der Waals surface area contributed by atoms with E-state index in [0.717, 1.165) is 10.6 Å². The highest BCUT2D eigenvalue weighted by Gasteiger charge is 2.44. The van der Waals surface area contributed by atoms with Gasteiger partial charge in [-0.2, -0.15) is 0 Å². The van der Waals surface area contributed by atoms with Crippen LogP contribution in [0, 0.1) is 23.7 Å². The van der Waals surface area contributed by atoms with Crippen molar-refractivity contribution in [2.45, 2.75) is 214 Å². The second-order valence-corrected chi connectivity index (χ2v) is 28.0. The summed E-state index contributed by atoms with van der Waals surface area (Å²) in [6, 6.07) is 9.25. The van der Waals surface area contributed by atoms with Crippen molar-refractivity contribution >= 4 is 82.5 Å². The number of likely N-dealkylation sites (tertiary alicyclic amines) is 1. The number of aromatic nitrogens is 1. The van der Waals surface area contributed by atoms with Crippen LogP contribution in [0.15, 0.2) is 66.2 Å². The number of anilines is 1. The number of carbonyl (C=O) groups is 11. The van der Waals surface area contributed by atoms with Crippen molar-refractivity contribution in [1.82, 2.24) is 57.3 Å². The largest absolute Gasteiger partial charge is 0.445 e. The van der Waals surface area contributed by atoms with Gasteiger partial charge in [-0.05, 0) is 114 Å². The predicted octanol–water partition coefficient (Wildman–Crippen LogP) is 5.74. The smallest absolute Gasteiger partial charge is 0.408 e. The van der Waals surface area contributed by atoms with E-state index in [-0.39, 0.29) is 69.2 Å². The maximum Gasteiger partial charge on any atom is 0.408 e. The molecule has 0 radical (unpaired) electrons. The fraction of sp³-hybridized carbons (Fsp3) is 0.623. The fourth-order valence-corrected chi connectivity index (χ4v) is 12.2. The summed E-state index contributed by atoms with van der Waals surface area (Å²) in [5, 5.41) is 27.0. The number of primary amides is 1. The highest BCUT2D eigenvalue weighted by molar-refractivity contribution is 7.09. The molecule has 1 aliphatic heterocycles. The number of alkyl carbamates (subject to hydrolysis) is 2. The van der Waals surface area contributed by atoms with Gasteiger partial charge in [0.25, 0.3) is 0 Å². The Kier molecular flexibility index (Phi) is 32.8. The van der Waals surface area contributed by atoms with Gasteiger partial charge in [0.1, 0.15) is 46.9 Å². The molecule has 28 nitrogen and oxygen atoms in total. The van der Waals surface area contributed by atoms with Crippen LogP contribution in [-0.4, -0.2) is 181 Å². The number of hydrogen-bond acceptors (Lipinski definition) is 17. The number of urea groups is 1. The maximum atomic E-state index is 14.7. The highest BCUT2D eigenvalue weighted by Crippen LogP contribution is 2.31. The Morgan fingerprint density at radius 1 is 0.735 bits per heavy atom. The van der Waals surface area contributed by atoms with E-state index >= 15 is 0 Å². The molecule has 0 unspecified atom stereocenters. The predicted molar refractivity (Wildman–Crippen MR) is 370 cm³/mol. The Balaban J connectivity index is 1.38. The van der Waals surface area contributed by atoms with E-state index in [2.05, 4.69) is 52.8 Å². The van der Waals surface area contributed by atoms with Gasteiger partial charge in [-0.1, -0.05) is 97.4 Å². The molecule has 1 aromatic heterocycles. The van der Waals surface area contributed by atoms with Crippen molar-refractivity contribution in [2.24, 2.45) is 29.4 Å². The number of amides is 12. The number of nitrogens with one attached hydrogen (secondary N) is 9. The number of nitrogens with two attached hydrogens (primary N) is 1. The number of rotatable bonds is 37. The lowest BCUT2D eigenvalue weighted by atomic mass is 9.89. The van der Waals surface area contributed by atoms with Crippen molar-refractivity contribution in [3.63, 3.8) is 0 Å². The standard InChI is InChI=1S/C69H107N13O15S/c1-17-42(6)56(52(94-15)38-53(84)82-35-22-26-51(82)57(95-16)43(7)58(85)77-50(62-71-34-36-98-62)37-45-23-19-18-20-24-45)81(14)63(89)55(41(4)5)79-64(90)69(12,13)80-67(93)96-39-46-27-29-47(30-28-46)75-59(86)48(25-21-32-72-65(70)91)76-61(88)54(40(2)3)78-60(87)49(74-44(8)83)31-33-73-66(92)97-68(9,10)11/h18-20,23-24,27-30,34,36,40-43,48-52,54-57H,17,21-22,25-26,31-33,35,37-39H2,1-16H3,(H,73,92)(H,74,83)(H,75,86)(H,76,88)(H,77,85)(H,78,87)(H,79,90)(H,80,93)(H3,70,72,91)/t42-,43+,48-,49-,50-,51-,52+,54-,55-,56-,57+/m0/s1. The molecular weight excluding hydrogens is 1280 g/mol. The first-order valence-corrected chi connectivity index (χ1v) is 34.4. The van der Waals surface area contributed by atoms with Gasteiger partial charge in [-0.15, -0.1) is 11.3 Å². The molecule has 1 aliphatic rings. The van der Waals surface area contributed by atoms with Crippen LogP contribution in [0.1, 0.15) is 157 Å². The lowest BCUT2D eigenvalue weighted by molar-refractivity contribution is -0.148. The van der Waals surface area contributed by atoms with Gasteiger partial charge in [0.15, 0.2) is 0 Å². The van der Waals surface area contributed by atoms with Crippen LogP contribution < -0.4 is 53.6 Å². The molecule has 1 saturated heterocycles. The molecule has 11 atom stereocenters. The van der Waals surface area contributed by atoms with E-state index in [1.807, 2.05) is 56.5 Å². The van der Waals surface area contributed by atoms with Gasteiger partial charge >= 0.3 is 18.2 Å². The topological polar surface area (TPSA) is 378 Å². The van der Waals surface area contributed by atoms with E-state index in [1.54, 1.807) is 85.9 Å². The van der Waals surface area contributed by atoms with Gasteiger partial charge in [0.2, 0.25) is 47.3 Å². The third-order valence-electron chi connectivity index (χ3n) is 17.0. The highest BCUT2D eigenvalue weighted by atomic mass is 32.1. The summed E-state index contributed by atoms with van der Waals surface area (Å²) in [6.07, 6.45) is 1.18. The molecule has 4 rings (SSSR count). The minimum absolute atomic E-state index is 0.0223. The molecule has 544 valence electrons. The minimum atomic E-state index is -1.61. The molecule has 0 aliphatic carbocycles. The number of carbonyl (C=O) groups excluding carboxylic acids is 11. The molecule has 2 aromatic carbocycles. The Morgan fingerprint density at radius 2 is 1.39 bits per heavy atom. The number of thiazole rings is 1. The summed E-state index contributed by atoms with van der Waals surface area (Å²) >= 11 is 1.46. The van der Waals surface area contributed by atoms with Crippen molar-refractivity contribution in [2.75, 3.05) is 46.2 Å². The number of nitrogens with zero attached hydrogens (tertiary/aromatic N) is 3. The van der Waals surface area contributed by atoms with E-state index in [1.165, 1.54) is 56.3 Å². The molecule has 3 aromatic rings. The van der Waals surface area contributed by atoms with Crippen LogP contribution in [0.25, 0.3) is 0 Å². The fourth-order valence-electron chi connectivity index (χ4n) is 11.5. The molecule has 29 heteroatoms. The van der Waals surface area contributed by atoms with Crippen LogP contribution >= 0.6 is 11.3 Å². The van der Waals surface area contributed by atoms with Crippen LogP contribution in [-0.2, 0) is 70.3 Å². The van der Waals surface area contributed by atoms with Gasteiger partial charge in [-0.3, -0.25) is 38.4 Å². The number of benzene rings is 2. The van der Waals surface area contributed by atoms with Crippen LogP contribution in [0.2, 0.25) is 0 Å². The summed E-state index contributed by atoms with van der Waals surface area (Å²) in [5.41, 5.74) is 4.69. The van der Waals surface area contributed by atoms with E-state index < -0.39 is 131 Å². The Labute approximate surface area is 580 Å². The van der Waals surface area contributed by atoms with Crippen LogP contribution in [0.4, 0.5) is 20.1 Å². The first kappa shape index (κ1) is 82.0. The molecule has 12 amide bonds. The van der Waals surface area contributed by atoms with Crippen molar-refractivity contribution in [1.29, 1.82) is 0 Å². The molecule has 98 heavy (non-hydrogen) atoms. The van der Waals surface area contributed by atoms with E-state index in [0.29, 0.717) is 43.5 Å². The van der Waals surface area contributed by atoms with Crippen molar-refractivity contribution in [3.05, 3.63) is 82.3 Å². The van der Waals surface area contributed by atoms with Gasteiger partial charge < -0.3 is 82.3 Å². The van der Waals surface area contributed by atoms with Crippen molar-refractivity contribution in [3.8, 4) is 0 Å². The zero-order valence-electron chi connectivity index (χ0n) is 59.8. The van der Waals surface area contributed by atoms with E-state index in [4.69, 9.17) is 24.7 Å². The first-order valence-electron chi connectivity index (χ1n) is 33.5. The number of methoxy groups -OCH3 is 2. The molecule has 2 heterocycles. The molecule has 0 bridgehead atoms. The van der Waals surface area contributed by atoms with Gasteiger partial charge in [0.05, 0.1) is 42.7 Å². The Bertz CT molecular complexity index is 3110. The van der Waals surface area contributed by atoms with Gasteiger partial charge in [0, 0.05) is 65.1 Å². The summed E-state index contributed by atoms with van der Waals surface area (Å²) in [6.45, 7) is 22.1. The average molecular weight is 1390 g/mol. The Hall–Kier alpha value is -8.44. The first-order chi connectivity index (χ1) is 46.1. The molecule has 0 saturated carbocycles. The molecular formula is C69H107N13O15S. The summed E-state index contributed by atoms with van der Waals surface area (Å²) < 4.78 is 22.9. The van der Waals surface area contributed by atoms with Crippen LogP contribution in [0.3, 0.4) is 0 Å². The second kappa shape index (κ2) is 39.2. The number of hydrogen-bond donors (Lipinski definition) is 10. The van der Waals surface area contributed by atoms with E-state index in [9.17, 15) is 52.7 Å². The zero-order valence-corrected chi connectivity index (χ0v) is 60.6. The average Bonchev–Trinajstić information content (AvgIpc) is 1.29. The normalized spacial score (nSPS) is 16.2. The number of likely N-dealkylation sites (N-methyl/N-ethyl adjacent to an activating group) is 1. The summed E-state index contributed by atoms with van der Waals surface area (Å²) in [7, 11) is 4.68. The second-order valence-electron chi connectivity index (χ2n) is 27.1. The third-order valence-corrected chi connectivity index (χ3v) is 17.9. The summed E-state index contributed by atoms with van der Waals surface area (Å²) in [5.74, 6) is -5.96.